The van der Waals surface area contributed by atoms with E-state index in [4.69, 9.17) is 4.74 Å². The molecule has 2 aromatic rings. The summed E-state index contributed by atoms with van der Waals surface area (Å²) in [5.41, 5.74) is 2.32. The first-order valence-corrected chi connectivity index (χ1v) is 10.3. The van der Waals surface area contributed by atoms with E-state index >= 15 is 0 Å². The van der Waals surface area contributed by atoms with E-state index in [0.717, 1.165) is 17.5 Å². The molecule has 0 unspecified atom stereocenters. The van der Waals surface area contributed by atoms with Crippen LogP contribution in [0, 0.1) is 0 Å². The zero-order chi connectivity index (χ0) is 19.6. The Morgan fingerprint density at radius 3 is 2.52 bits per heavy atom. The van der Waals surface area contributed by atoms with Crippen molar-refractivity contribution in [3.8, 4) is 5.75 Å². The second-order valence-electron chi connectivity index (χ2n) is 6.37. The highest BCUT2D eigenvalue weighted by molar-refractivity contribution is 7.90. The summed E-state index contributed by atoms with van der Waals surface area (Å²) in [6.07, 6.45) is 2.20. The Balaban J connectivity index is 1.63. The Morgan fingerprint density at radius 2 is 1.85 bits per heavy atom. The molecule has 0 atom stereocenters. The smallest absolute Gasteiger partial charge is 0.264 e. The van der Waals surface area contributed by atoms with Crippen molar-refractivity contribution in [3.63, 3.8) is 0 Å². The van der Waals surface area contributed by atoms with E-state index in [2.05, 4.69) is 5.32 Å². The summed E-state index contributed by atoms with van der Waals surface area (Å²) < 4.78 is 28.6. The summed E-state index contributed by atoms with van der Waals surface area (Å²) in [5, 5.41) is 2.79. The molecule has 7 nitrogen and oxygen atoms in total. The van der Waals surface area contributed by atoms with Crippen LogP contribution in [0.25, 0.3) is 0 Å². The zero-order valence-electron chi connectivity index (χ0n) is 15.1. The van der Waals surface area contributed by atoms with Gasteiger partial charge in [-0.15, -0.1) is 0 Å². The number of amides is 2. The molecule has 0 spiro atoms. The number of aryl methyl sites for hydroxylation is 1. The number of hydrogen-bond acceptors (Lipinski definition) is 5. The van der Waals surface area contributed by atoms with Crippen LogP contribution in [-0.2, 0) is 25.8 Å². The van der Waals surface area contributed by atoms with E-state index in [1.807, 2.05) is 6.07 Å². The third kappa shape index (κ3) is 4.46. The third-order valence-electron chi connectivity index (χ3n) is 4.36. The second-order valence-corrected chi connectivity index (χ2v) is 8.39. The predicted molar refractivity (Wildman–Crippen MR) is 102 cm³/mol. The van der Waals surface area contributed by atoms with Gasteiger partial charge in [-0.25, -0.2) is 8.42 Å². The van der Waals surface area contributed by atoms with Crippen LogP contribution in [0.4, 0.5) is 11.4 Å². The van der Waals surface area contributed by atoms with Gasteiger partial charge in [-0.2, -0.15) is 0 Å². The van der Waals surface area contributed by atoms with E-state index in [-0.39, 0.29) is 23.3 Å². The number of rotatable bonds is 5. The molecule has 27 heavy (non-hydrogen) atoms. The lowest BCUT2D eigenvalue weighted by molar-refractivity contribution is -0.120. The van der Waals surface area contributed by atoms with E-state index < -0.39 is 9.84 Å². The maximum Gasteiger partial charge on any atom is 0.264 e. The molecule has 3 rings (SSSR count). The Kier molecular flexibility index (Phi) is 5.18. The van der Waals surface area contributed by atoms with Gasteiger partial charge in [-0.1, -0.05) is 0 Å². The fraction of sp³-hybridized carbons (Fsp3) is 0.263. The van der Waals surface area contributed by atoms with Crippen molar-refractivity contribution in [1.29, 1.82) is 0 Å². The molecule has 0 saturated heterocycles. The van der Waals surface area contributed by atoms with Gasteiger partial charge in [0.1, 0.15) is 5.75 Å². The van der Waals surface area contributed by atoms with Crippen molar-refractivity contribution in [2.75, 3.05) is 30.1 Å². The van der Waals surface area contributed by atoms with Crippen LogP contribution >= 0.6 is 0 Å². The molecule has 2 amide bonds. The first-order chi connectivity index (χ1) is 12.7. The summed E-state index contributed by atoms with van der Waals surface area (Å²) in [6, 6.07) is 11.4. The molecule has 1 aliphatic rings. The number of ether oxygens (including phenoxy) is 1. The molecule has 2 aromatic carbocycles. The van der Waals surface area contributed by atoms with E-state index in [1.54, 1.807) is 31.3 Å². The van der Waals surface area contributed by atoms with Crippen LogP contribution in [0.1, 0.15) is 12.0 Å². The quantitative estimate of drug-likeness (QED) is 0.846. The van der Waals surface area contributed by atoms with Gasteiger partial charge in [0, 0.05) is 31.1 Å². The van der Waals surface area contributed by atoms with Crippen molar-refractivity contribution < 1.29 is 22.7 Å². The van der Waals surface area contributed by atoms with Crippen molar-refractivity contribution in [2.45, 2.75) is 17.7 Å². The third-order valence-corrected chi connectivity index (χ3v) is 5.49. The molecule has 0 bridgehead atoms. The minimum atomic E-state index is -3.28. The van der Waals surface area contributed by atoms with Crippen LogP contribution in [0.15, 0.2) is 47.4 Å². The Bertz CT molecular complexity index is 984. The Labute approximate surface area is 157 Å². The van der Waals surface area contributed by atoms with Crippen LogP contribution in [0.2, 0.25) is 0 Å². The Hall–Kier alpha value is -2.87. The number of benzene rings is 2. The molecule has 1 N–H and O–H groups in total. The molecule has 0 fully saturated rings. The molecular formula is C19H20N2O5S. The lowest BCUT2D eigenvalue weighted by Crippen LogP contribution is -2.31. The largest absolute Gasteiger partial charge is 0.484 e. The number of anilines is 2. The molecule has 0 radical (unpaired) electrons. The predicted octanol–water partition coefficient (Wildman–Crippen LogP) is 2.02. The van der Waals surface area contributed by atoms with Crippen molar-refractivity contribution >= 4 is 33.0 Å². The standard InChI is InChI=1S/C19H20N2O5S/c1-21(14-4-7-16(8-5-14)27(2,24)25)19(23)12-26-15-6-9-17-13(11-15)3-10-18(22)20-17/h4-9,11H,3,10,12H2,1-2H3,(H,20,22). The second kappa shape index (κ2) is 7.40. The van der Waals surface area contributed by atoms with Gasteiger partial charge in [0.25, 0.3) is 5.91 Å². The first-order valence-electron chi connectivity index (χ1n) is 8.36. The lowest BCUT2D eigenvalue weighted by atomic mass is 10.0. The number of likely N-dealkylation sites (N-methyl/N-ethyl adjacent to an activating group) is 1. The van der Waals surface area contributed by atoms with Gasteiger partial charge in [0.2, 0.25) is 5.91 Å². The van der Waals surface area contributed by atoms with Crippen LogP contribution in [-0.4, -0.2) is 40.1 Å². The number of carbonyl (C=O) groups is 2. The molecule has 1 heterocycles. The normalized spacial score (nSPS) is 13.5. The lowest BCUT2D eigenvalue weighted by Gasteiger charge is -2.19. The van der Waals surface area contributed by atoms with Crippen LogP contribution in [0.5, 0.6) is 5.75 Å². The average molecular weight is 388 g/mol. The maximum absolute atomic E-state index is 12.4. The molecule has 0 aromatic heterocycles. The molecule has 0 saturated carbocycles. The van der Waals surface area contributed by atoms with Gasteiger partial charge in [-0.3, -0.25) is 9.59 Å². The number of hydrogen-bond donors (Lipinski definition) is 1. The minimum absolute atomic E-state index is 0.00476. The van der Waals surface area contributed by atoms with Gasteiger partial charge in [0.15, 0.2) is 16.4 Å². The minimum Gasteiger partial charge on any atom is -0.484 e. The maximum atomic E-state index is 12.4. The summed E-state index contributed by atoms with van der Waals surface area (Å²) in [6.45, 7) is -0.157. The van der Waals surface area contributed by atoms with Crippen molar-refractivity contribution in [3.05, 3.63) is 48.0 Å². The highest BCUT2D eigenvalue weighted by atomic mass is 32.2. The van der Waals surface area contributed by atoms with E-state index in [9.17, 15) is 18.0 Å². The highest BCUT2D eigenvalue weighted by Gasteiger charge is 2.17. The number of nitrogens with one attached hydrogen (secondary N) is 1. The topological polar surface area (TPSA) is 92.8 Å². The number of fused-ring (bicyclic) bond motifs is 1. The fourth-order valence-corrected chi connectivity index (χ4v) is 3.38. The summed E-state index contributed by atoms with van der Waals surface area (Å²) in [7, 11) is -1.68. The van der Waals surface area contributed by atoms with Gasteiger partial charge in [0.05, 0.1) is 4.90 Å². The molecule has 142 valence electrons. The SMILES string of the molecule is CN(C(=O)COc1ccc2c(c1)CCC(=O)N2)c1ccc(S(C)(=O)=O)cc1. The molecule has 8 heteroatoms. The average Bonchev–Trinajstić information content (AvgIpc) is 2.64. The zero-order valence-corrected chi connectivity index (χ0v) is 15.9. The van der Waals surface area contributed by atoms with Crippen molar-refractivity contribution in [2.24, 2.45) is 0 Å². The summed E-state index contributed by atoms with van der Waals surface area (Å²) in [5.74, 6) is 0.280. The molecule has 1 aliphatic heterocycles. The van der Waals surface area contributed by atoms with Crippen LogP contribution in [0.3, 0.4) is 0 Å². The van der Waals surface area contributed by atoms with Gasteiger partial charge in [-0.05, 0) is 54.4 Å². The van der Waals surface area contributed by atoms with Gasteiger partial charge >= 0.3 is 0 Å². The van der Waals surface area contributed by atoms with E-state index in [1.165, 1.54) is 17.0 Å². The first kappa shape index (κ1) is 18.9. The Morgan fingerprint density at radius 1 is 1.15 bits per heavy atom. The fourth-order valence-electron chi connectivity index (χ4n) is 2.75. The monoisotopic (exact) mass is 388 g/mol. The van der Waals surface area contributed by atoms with E-state index in [0.29, 0.717) is 24.3 Å². The number of nitrogens with zero attached hydrogens (tertiary/aromatic N) is 1. The summed E-state index contributed by atoms with van der Waals surface area (Å²) >= 11 is 0. The molecular weight excluding hydrogens is 368 g/mol. The summed E-state index contributed by atoms with van der Waals surface area (Å²) in [4.78, 5) is 25.3. The molecule has 0 aliphatic carbocycles. The van der Waals surface area contributed by atoms with Crippen LogP contribution < -0.4 is 15.0 Å². The highest BCUT2D eigenvalue weighted by Crippen LogP contribution is 2.27. The van der Waals surface area contributed by atoms with Crippen molar-refractivity contribution in [1.82, 2.24) is 0 Å². The number of sulfone groups is 1. The number of carbonyl (C=O) groups excluding carboxylic acids is 2. The van der Waals surface area contributed by atoms with Gasteiger partial charge < -0.3 is 15.0 Å².